The van der Waals surface area contributed by atoms with Gasteiger partial charge in [-0.3, -0.25) is 4.79 Å². The van der Waals surface area contributed by atoms with E-state index in [1.54, 1.807) is 0 Å². The van der Waals surface area contributed by atoms with Crippen LogP contribution in [0.3, 0.4) is 0 Å². The molecule has 0 spiro atoms. The van der Waals surface area contributed by atoms with E-state index in [2.05, 4.69) is 20.8 Å². The van der Waals surface area contributed by atoms with Crippen molar-refractivity contribution in [1.29, 1.82) is 0 Å². The van der Waals surface area contributed by atoms with Crippen LogP contribution in [0.5, 0.6) is 0 Å². The van der Waals surface area contributed by atoms with Gasteiger partial charge in [-0.15, -0.1) is 0 Å². The third kappa shape index (κ3) is 3.34. The minimum atomic E-state index is -0.369. The summed E-state index contributed by atoms with van der Waals surface area (Å²) >= 11 is 0. The van der Waals surface area contributed by atoms with Crippen molar-refractivity contribution < 1.29 is 24.9 Å². The van der Waals surface area contributed by atoms with Gasteiger partial charge in [0, 0.05) is 6.42 Å². The zero-order valence-electron chi connectivity index (χ0n) is 19.2. The van der Waals surface area contributed by atoms with Crippen LogP contribution in [0.15, 0.2) is 0 Å². The Morgan fingerprint density at radius 1 is 1.07 bits per heavy atom. The second-order valence-corrected chi connectivity index (χ2v) is 11.6. The van der Waals surface area contributed by atoms with Gasteiger partial charge in [0.1, 0.15) is 0 Å². The maximum absolute atomic E-state index is 11.7. The Bertz CT molecular complexity index is 651. The Labute approximate surface area is 181 Å². The number of fused-ring (bicyclic) bond motifs is 5. The van der Waals surface area contributed by atoms with E-state index in [4.69, 9.17) is 4.74 Å². The zero-order chi connectivity index (χ0) is 21.8. The quantitative estimate of drug-likeness (QED) is 0.603. The van der Waals surface area contributed by atoms with Crippen molar-refractivity contribution in [2.24, 2.45) is 46.3 Å². The molecule has 4 aliphatic carbocycles. The molecule has 0 aromatic rings. The van der Waals surface area contributed by atoms with E-state index in [1.807, 2.05) is 0 Å². The SMILES string of the molecule is COC(=O)CC[C@@H](C)[C@H]1CC[C@H]2[C@@H]3C(O)C[C@@H]4C[C@H](O)CC[C@]4(C)[C@H]3C[C@H](O)[C@]12C. The Balaban J connectivity index is 1.58. The van der Waals surface area contributed by atoms with Crippen molar-refractivity contribution in [2.75, 3.05) is 7.11 Å². The molecule has 0 heterocycles. The smallest absolute Gasteiger partial charge is 0.305 e. The Kier molecular flexibility index (Phi) is 6.04. The summed E-state index contributed by atoms with van der Waals surface area (Å²) in [5.74, 6) is 1.81. The van der Waals surface area contributed by atoms with Crippen molar-refractivity contribution in [3.8, 4) is 0 Å². The highest BCUT2D eigenvalue weighted by Gasteiger charge is 2.65. The molecular weight excluding hydrogens is 380 g/mol. The fraction of sp³-hybridized carbons (Fsp3) is 0.960. The van der Waals surface area contributed by atoms with Crippen molar-refractivity contribution in [3.05, 3.63) is 0 Å². The van der Waals surface area contributed by atoms with E-state index in [0.29, 0.717) is 36.0 Å². The lowest BCUT2D eigenvalue weighted by molar-refractivity contribution is -0.207. The summed E-state index contributed by atoms with van der Waals surface area (Å²) < 4.78 is 4.83. The molecule has 0 bridgehead atoms. The first-order valence-electron chi connectivity index (χ1n) is 12.2. The third-order valence-corrected chi connectivity index (χ3v) is 10.6. The second-order valence-electron chi connectivity index (χ2n) is 11.6. The van der Waals surface area contributed by atoms with Crippen molar-refractivity contribution >= 4 is 5.97 Å². The minimum absolute atomic E-state index is 0.111. The lowest BCUT2D eigenvalue weighted by Gasteiger charge is -2.63. The van der Waals surface area contributed by atoms with Crippen LogP contribution in [0.2, 0.25) is 0 Å². The van der Waals surface area contributed by atoms with Crippen LogP contribution in [0, 0.1) is 46.3 Å². The van der Waals surface area contributed by atoms with E-state index in [1.165, 1.54) is 7.11 Å². The molecular formula is C25H42O5. The van der Waals surface area contributed by atoms with Crippen molar-refractivity contribution in [3.63, 3.8) is 0 Å². The largest absolute Gasteiger partial charge is 0.469 e. The van der Waals surface area contributed by atoms with Gasteiger partial charge in [0.05, 0.1) is 25.4 Å². The molecule has 1 unspecified atom stereocenters. The Morgan fingerprint density at radius 2 is 1.80 bits per heavy atom. The van der Waals surface area contributed by atoms with Crippen LogP contribution < -0.4 is 0 Å². The molecule has 5 nitrogen and oxygen atoms in total. The van der Waals surface area contributed by atoms with E-state index < -0.39 is 0 Å². The van der Waals surface area contributed by atoms with E-state index in [0.717, 1.165) is 51.4 Å². The maximum Gasteiger partial charge on any atom is 0.305 e. The number of ether oxygens (including phenoxy) is 1. The molecule has 4 saturated carbocycles. The fourth-order valence-corrected chi connectivity index (χ4v) is 8.78. The van der Waals surface area contributed by atoms with Gasteiger partial charge in [0.15, 0.2) is 0 Å². The van der Waals surface area contributed by atoms with E-state index in [-0.39, 0.29) is 41.0 Å². The van der Waals surface area contributed by atoms with Gasteiger partial charge in [0.25, 0.3) is 0 Å². The van der Waals surface area contributed by atoms with Gasteiger partial charge in [-0.25, -0.2) is 0 Å². The van der Waals surface area contributed by atoms with E-state index >= 15 is 0 Å². The molecule has 5 heteroatoms. The summed E-state index contributed by atoms with van der Waals surface area (Å²) in [4.78, 5) is 11.7. The first-order chi connectivity index (χ1) is 14.1. The van der Waals surface area contributed by atoms with Crippen LogP contribution in [0.4, 0.5) is 0 Å². The molecule has 30 heavy (non-hydrogen) atoms. The van der Waals surface area contributed by atoms with Crippen LogP contribution in [0.1, 0.15) is 78.6 Å². The zero-order valence-corrected chi connectivity index (χ0v) is 19.2. The summed E-state index contributed by atoms with van der Waals surface area (Å²) in [5, 5.41) is 33.1. The number of methoxy groups -OCH3 is 1. The van der Waals surface area contributed by atoms with Gasteiger partial charge in [0.2, 0.25) is 0 Å². The lowest BCUT2D eigenvalue weighted by atomic mass is 9.43. The average molecular weight is 423 g/mol. The second kappa shape index (κ2) is 8.04. The molecule has 0 aliphatic heterocycles. The summed E-state index contributed by atoms with van der Waals surface area (Å²) in [5.41, 5.74) is -0.0882. The maximum atomic E-state index is 11.7. The van der Waals surface area contributed by atoms with Crippen LogP contribution >= 0.6 is 0 Å². The Hall–Kier alpha value is -0.650. The Morgan fingerprint density at radius 3 is 2.50 bits per heavy atom. The summed E-state index contributed by atoms with van der Waals surface area (Å²) in [6.45, 7) is 6.85. The molecule has 0 aromatic heterocycles. The molecule has 0 aromatic carbocycles. The van der Waals surface area contributed by atoms with Gasteiger partial charge < -0.3 is 20.1 Å². The molecule has 0 amide bonds. The molecule has 0 saturated heterocycles. The molecule has 3 N–H and O–H groups in total. The highest BCUT2D eigenvalue weighted by molar-refractivity contribution is 5.69. The minimum Gasteiger partial charge on any atom is -0.469 e. The van der Waals surface area contributed by atoms with Gasteiger partial charge >= 0.3 is 5.97 Å². The topological polar surface area (TPSA) is 87.0 Å². The highest BCUT2D eigenvalue weighted by Crippen LogP contribution is 2.68. The number of aliphatic hydroxyl groups is 3. The number of hydrogen-bond acceptors (Lipinski definition) is 5. The molecule has 0 radical (unpaired) electrons. The summed E-state index contributed by atoms with van der Waals surface area (Å²) in [7, 11) is 1.44. The number of hydrogen-bond donors (Lipinski definition) is 3. The summed E-state index contributed by atoms with van der Waals surface area (Å²) in [6.07, 6.45) is 6.60. The van der Waals surface area contributed by atoms with Crippen LogP contribution in [0.25, 0.3) is 0 Å². The van der Waals surface area contributed by atoms with Gasteiger partial charge in [-0.2, -0.15) is 0 Å². The molecule has 4 aliphatic rings. The normalized spacial score (nSPS) is 51.4. The summed E-state index contributed by atoms with van der Waals surface area (Å²) in [6, 6.07) is 0. The third-order valence-electron chi connectivity index (χ3n) is 10.6. The molecule has 11 atom stereocenters. The number of aliphatic hydroxyl groups excluding tert-OH is 3. The number of carbonyl (C=O) groups is 1. The monoisotopic (exact) mass is 422 g/mol. The first kappa shape index (κ1) is 22.5. The van der Waals surface area contributed by atoms with Gasteiger partial charge in [-0.1, -0.05) is 20.8 Å². The molecule has 4 rings (SSSR count). The fourth-order valence-electron chi connectivity index (χ4n) is 8.78. The van der Waals surface area contributed by atoms with Crippen molar-refractivity contribution in [2.45, 2.75) is 96.9 Å². The number of rotatable bonds is 4. The number of carbonyl (C=O) groups excluding carboxylic acids is 1. The first-order valence-corrected chi connectivity index (χ1v) is 12.2. The standard InChI is InChI=1S/C25H42O5/c1-14(5-8-22(29)30-4)17-6-7-18-23-19(13-21(28)25(17,18)3)24(2)10-9-16(26)11-15(24)12-20(23)27/h14-21,23,26-28H,5-13H2,1-4H3/t14-,15+,16-,17-,18+,19+,20?,21+,23+,24+,25-/m1/s1. The predicted molar refractivity (Wildman–Crippen MR) is 114 cm³/mol. The lowest BCUT2D eigenvalue weighted by Crippen LogP contribution is -2.62. The average Bonchev–Trinajstić information content (AvgIpc) is 3.06. The van der Waals surface area contributed by atoms with Crippen LogP contribution in [-0.2, 0) is 9.53 Å². The molecule has 4 fully saturated rings. The van der Waals surface area contributed by atoms with Crippen LogP contribution in [-0.4, -0.2) is 46.7 Å². The van der Waals surface area contributed by atoms with Gasteiger partial charge in [-0.05, 0) is 97.7 Å². The number of esters is 1. The van der Waals surface area contributed by atoms with Crippen molar-refractivity contribution in [1.82, 2.24) is 0 Å². The highest BCUT2D eigenvalue weighted by atomic mass is 16.5. The predicted octanol–water partition coefficient (Wildman–Crippen LogP) is 3.54. The van der Waals surface area contributed by atoms with E-state index in [9.17, 15) is 20.1 Å². The molecule has 172 valence electrons.